The van der Waals surface area contributed by atoms with Crippen molar-refractivity contribution in [1.29, 1.82) is 0 Å². The lowest BCUT2D eigenvalue weighted by Gasteiger charge is -2.30. The Morgan fingerprint density at radius 3 is 2.50 bits per heavy atom. The second-order valence-electron chi connectivity index (χ2n) is 6.53. The van der Waals surface area contributed by atoms with Crippen molar-refractivity contribution in [3.8, 4) is 11.3 Å². The summed E-state index contributed by atoms with van der Waals surface area (Å²) in [5.41, 5.74) is 7.99. The number of nitrogens with two attached hydrogens (primary N) is 1. The minimum Gasteiger partial charge on any atom is -0.346 e. The van der Waals surface area contributed by atoms with Crippen LogP contribution in [0.4, 0.5) is 0 Å². The van der Waals surface area contributed by atoms with Gasteiger partial charge in [-0.15, -0.1) is 0 Å². The quantitative estimate of drug-likeness (QED) is 0.909. The van der Waals surface area contributed by atoms with Crippen LogP contribution in [0.5, 0.6) is 0 Å². The topological polar surface area (TPSA) is 72.9 Å². The van der Waals surface area contributed by atoms with E-state index in [1.165, 1.54) is 0 Å². The van der Waals surface area contributed by atoms with E-state index in [2.05, 4.69) is 31.2 Å². The van der Waals surface area contributed by atoms with E-state index >= 15 is 0 Å². The molecule has 5 nitrogen and oxygen atoms in total. The number of carbonyl (C=O) groups excluding carboxylic acids is 1. The number of aromatic nitrogens is 2. The molecule has 0 unspecified atom stereocenters. The van der Waals surface area contributed by atoms with Crippen LogP contribution in [0.2, 0.25) is 0 Å². The van der Waals surface area contributed by atoms with Gasteiger partial charge in [-0.05, 0) is 11.5 Å². The number of rotatable bonds is 4. The summed E-state index contributed by atoms with van der Waals surface area (Å²) in [6, 6.07) is 11.5. The maximum Gasteiger partial charge on any atom is 0.269 e. The molecule has 1 aromatic carbocycles. The first-order valence-electron chi connectivity index (χ1n) is 7.43. The van der Waals surface area contributed by atoms with Crippen molar-refractivity contribution in [3.05, 3.63) is 42.1 Å². The smallest absolute Gasteiger partial charge is 0.269 e. The van der Waals surface area contributed by atoms with Crippen LogP contribution in [0.25, 0.3) is 11.3 Å². The van der Waals surface area contributed by atoms with Gasteiger partial charge in [0, 0.05) is 25.2 Å². The molecule has 0 saturated heterocycles. The van der Waals surface area contributed by atoms with Crippen molar-refractivity contribution < 1.29 is 4.79 Å². The van der Waals surface area contributed by atoms with Crippen molar-refractivity contribution in [2.24, 2.45) is 18.2 Å². The fraction of sp³-hybridized carbons (Fsp3) is 0.412. The van der Waals surface area contributed by atoms with Gasteiger partial charge in [-0.3, -0.25) is 9.48 Å². The number of nitrogens with one attached hydrogen (secondary N) is 1. The molecule has 3 N–H and O–H groups in total. The van der Waals surface area contributed by atoms with Gasteiger partial charge in [-0.1, -0.05) is 51.1 Å². The van der Waals surface area contributed by atoms with Gasteiger partial charge < -0.3 is 11.1 Å². The van der Waals surface area contributed by atoms with Crippen molar-refractivity contribution in [2.75, 3.05) is 6.54 Å². The van der Waals surface area contributed by atoms with Crippen molar-refractivity contribution in [2.45, 2.75) is 26.8 Å². The lowest BCUT2D eigenvalue weighted by Crippen LogP contribution is -2.48. The van der Waals surface area contributed by atoms with Crippen LogP contribution in [-0.4, -0.2) is 28.3 Å². The van der Waals surface area contributed by atoms with Crippen LogP contribution in [-0.2, 0) is 7.05 Å². The molecule has 22 heavy (non-hydrogen) atoms. The fourth-order valence-corrected chi connectivity index (χ4v) is 2.29. The summed E-state index contributed by atoms with van der Waals surface area (Å²) >= 11 is 0. The third kappa shape index (κ3) is 3.54. The third-order valence-corrected chi connectivity index (χ3v) is 3.77. The van der Waals surface area contributed by atoms with E-state index in [-0.39, 0.29) is 17.4 Å². The van der Waals surface area contributed by atoms with Crippen molar-refractivity contribution in [1.82, 2.24) is 15.1 Å². The number of aryl methyl sites for hydroxylation is 1. The van der Waals surface area contributed by atoms with Gasteiger partial charge >= 0.3 is 0 Å². The first-order chi connectivity index (χ1) is 10.3. The van der Waals surface area contributed by atoms with E-state index in [9.17, 15) is 4.79 Å². The summed E-state index contributed by atoms with van der Waals surface area (Å²) < 4.78 is 1.61. The largest absolute Gasteiger partial charge is 0.346 e. The molecule has 1 amide bonds. The first-order valence-corrected chi connectivity index (χ1v) is 7.43. The summed E-state index contributed by atoms with van der Waals surface area (Å²) in [4.78, 5) is 12.5. The van der Waals surface area contributed by atoms with Crippen molar-refractivity contribution in [3.63, 3.8) is 0 Å². The zero-order chi connectivity index (χ0) is 16.3. The van der Waals surface area contributed by atoms with E-state index in [0.717, 1.165) is 11.3 Å². The molecule has 0 fully saturated rings. The molecule has 5 heteroatoms. The first kappa shape index (κ1) is 16.2. The average molecular weight is 300 g/mol. The van der Waals surface area contributed by atoms with E-state index in [1.807, 2.05) is 30.3 Å². The number of carbonyl (C=O) groups is 1. The number of nitrogens with zero attached hydrogens (tertiary/aromatic N) is 2. The summed E-state index contributed by atoms with van der Waals surface area (Å²) in [7, 11) is 1.77. The molecule has 2 rings (SSSR count). The minimum atomic E-state index is -0.150. The monoisotopic (exact) mass is 300 g/mol. The molecule has 1 atom stereocenters. The molecule has 0 aliphatic rings. The van der Waals surface area contributed by atoms with Crippen LogP contribution in [0.15, 0.2) is 36.4 Å². The Bertz CT molecular complexity index is 640. The molecular weight excluding hydrogens is 276 g/mol. The highest BCUT2D eigenvalue weighted by Gasteiger charge is 2.26. The maximum absolute atomic E-state index is 12.5. The van der Waals surface area contributed by atoms with Gasteiger partial charge in [0.15, 0.2) is 0 Å². The lowest BCUT2D eigenvalue weighted by atomic mass is 9.86. The Balaban J connectivity index is 2.23. The van der Waals surface area contributed by atoms with E-state index in [1.54, 1.807) is 17.8 Å². The van der Waals surface area contributed by atoms with Crippen LogP contribution in [0, 0.1) is 5.41 Å². The Morgan fingerprint density at radius 1 is 1.32 bits per heavy atom. The maximum atomic E-state index is 12.5. The standard InChI is InChI=1S/C17H24N4O/c1-17(2,3)15(11-18)19-16(22)14-10-13(20-21(14)4)12-8-6-5-7-9-12/h5-10,15H,11,18H2,1-4H3,(H,19,22)/t15-/m0/s1. The zero-order valence-electron chi connectivity index (χ0n) is 13.6. The van der Waals surface area contributed by atoms with Crippen LogP contribution in [0.3, 0.4) is 0 Å². The highest BCUT2D eigenvalue weighted by molar-refractivity contribution is 5.94. The highest BCUT2D eigenvalue weighted by Crippen LogP contribution is 2.21. The molecule has 0 radical (unpaired) electrons. The molecule has 0 aliphatic carbocycles. The number of hydrogen-bond acceptors (Lipinski definition) is 3. The van der Waals surface area contributed by atoms with Gasteiger partial charge in [0.2, 0.25) is 0 Å². The molecular formula is C17H24N4O. The lowest BCUT2D eigenvalue weighted by molar-refractivity contribution is 0.0896. The fourth-order valence-electron chi connectivity index (χ4n) is 2.29. The molecule has 0 aliphatic heterocycles. The molecule has 118 valence electrons. The Morgan fingerprint density at radius 2 is 1.95 bits per heavy atom. The predicted molar refractivity (Wildman–Crippen MR) is 88.4 cm³/mol. The third-order valence-electron chi connectivity index (χ3n) is 3.77. The Hall–Kier alpha value is -2.14. The van der Waals surface area contributed by atoms with Crippen molar-refractivity contribution >= 4 is 5.91 Å². The molecule has 1 heterocycles. The van der Waals surface area contributed by atoms with Crippen LogP contribution in [0.1, 0.15) is 31.3 Å². The van der Waals surface area contributed by atoms with Gasteiger partial charge in [-0.25, -0.2) is 0 Å². The second-order valence-corrected chi connectivity index (χ2v) is 6.53. The molecule has 0 bridgehead atoms. The average Bonchev–Trinajstić information content (AvgIpc) is 2.86. The van der Waals surface area contributed by atoms with Gasteiger partial charge in [0.1, 0.15) is 5.69 Å². The summed E-state index contributed by atoms with van der Waals surface area (Å²) in [6.45, 7) is 6.58. The minimum absolute atomic E-state index is 0.0879. The number of benzene rings is 1. The highest BCUT2D eigenvalue weighted by atomic mass is 16.2. The molecule has 0 spiro atoms. The summed E-state index contributed by atoms with van der Waals surface area (Å²) in [5, 5.41) is 7.43. The molecule has 0 saturated carbocycles. The number of hydrogen-bond donors (Lipinski definition) is 2. The van der Waals surface area contributed by atoms with E-state index in [0.29, 0.717) is 12.2 Å². The molecule has 2 aromatic rings. The van der Waals surface area contributed by atoms with Gasteiger partial charge in [0.25, 0.3) is 5.91 Å². The second kappa shape index (κ2) is 6.32. The van der Waals surface area contributed by atoms with Gasteiger partial charge in [-0.2, -0.15) is 5.10 Å². The van der Waals surface area contributed by atoms with Gasteiger partial charge in [0.05, 0.1) is 5.69 Å². The molecule has 1 aromatic heterocycles. The van der Waals surface area contributed by atoms with Crippen LogP contribution < -0.4 is 11.1 Å². The summed E-state index contributed by atoms with van der Waals surface area (Å²) in [6.07, 6.45) is 0. The summed E-state index contributed by atoms with van der Waals surface area (Å²) in [5.74, 6) is -0.150. The zero-order valence-corrected chi connectivity index (χ0v) is 13.6. The van der Waals surface area contributed by atoms with E-state index in [4.69, 9.17) is 5.73 Å². The number of amides is 1. The van der Waals surface area contributed by atoms with Crippen LogP contribution >= 0.6 is 0 Å². The normalized spacial score (nSPS) is 13.0. The Kier molecular flexibility index (Phi) is 4.66. The SMILES string of the molecule is Cn1nc(-c2ccccc2)cc1C(=O)N[C@@H](CN)C(C)(C)C. The predicted octanol–water partition coefficient (Wildman–Crippen LogP) is 2.19. The Labute approximate surface area is 131 Å². The van der Waals surface area contributed by atoms with E-state index < -0.39 is 0 Å².